The molecule has 0 aromatic heterocycles. The lowest BCUT2D eigenvalue weighted by Gasteiger charge is -2.06. The van der Waals surface area contributed by atoms with E-state index in [4.69, 9.17) is 9.47 Å². The van der Waals surface area contributed by atoms with Gasteiger partial charge in [-0.25, -0.2) is 4.79 Å². The highest BCUT2D eigenvalue weighted by Crippen LogP contribution is 2.13. The van der Waals surface area contributed by atoms with E-state index in [2.05, 4.69) is 6.92 Å². The second-order valence-electron chi connectivity index (χ2n) is 8.75. The lowest BCUT2D eigenvalue weighted by atomic mass is 10.0. The third-order valence-corrected chi connectivity index (χ3v) is 5.79. The molecule has 0 N–H and O–H groups in total. The molecule has 0 saturated carbocycles. The van der Waals surface area contributed by atoms with Crippen LogP contribution in [0.5, 0.6) is 0 Å². The molecular formula is C28H44O5. The Labute approximate surface area is 200 Å². The molecule has 0 bridgehead atoms. The van der Waals surface area contributed by atoms with E-state index >= 15 is 0 Å². The van der Waals surface area contributed by atoms with Crippen molar-refractivity contribution in [1.82, 2.24) is 0 Å². The van der Waals surface area contributed by atoms with Gasteiger partial charge in [-0.1, -0.05) is 127 Å². The van der Waals surface area contributed by atoms with Crippen LogP contribution in [0.4, 0.5) is 0 Å². The fraction of sp³-hybridized carbons (Fsp3) is 0.679. The second-order valence-corrected chi connectivity index (χ2v) is 8.75. The van der Waals surface area contributed by atoms with Gasteiger partial charge in [0, 0.05) is 12.0 Å². The van der Waals surface area contributed by atoms with Gasteiger partial charge in [0.15, 0.2) is 0 Å². The Morgan fingerprint density at radius 1 is 0.606 bits per heavy atom. The van der Waals surface area contributed by atoms with Gasteiger partial charge in [0.25, 0.3) is 5.78 Å². The molecule has 0 spiro atoms. The molecule has 1 aromatic carbocycles. The zero-order valence-corrected chi connectivity index (χ0v) is 20.7. The van der Waals surface area contributed by atoms with Gasteiger partial charge in [0.2, 0.25) is 0 Å². The topological polar surface area (TPSA) is 69.7 Å². The van der Waals surface area contributed by atoms with Gasteiger partial charge in [0.05, 0.1) is 0 Å². The van der Waals surface area contributed by atoms with Gasteiger partial charge in [-0.05, 0) is 6.42 Å². The molecule has 0 saturated heterocycles. The van der Waals surface area contributed by atoms with E-state index in [9.17, 15) is 14.4 Å². The Bertz CT molecular complexity index is 641. The van der Waals surface area contributed by atoms with Crippen molar-refractivity contribution in [2.24, 2.45) is 0 Å². The summed E-state index contributed by atoms with van der Waals surface area (Å²) in [5, 5.41) is 0. The van der Waals surface area contributed by atoms with Crippen LogP contribution in [0.2, 0.25) is 0 Å². The van der Waals surface area contributed by atoms with Crippen LogP contribution in [-0.2, 0) is 19.1 Å². The molecule has 0 aliphatic carbocycles. The zero-order chi connectivity index (χ0) is 24.0. The standard InChI is InChI=1S/C28H44O5/c1-2-3-4-5-6-7-8-9-10-11-12-13-14-15-19-22-26(29)32-23-24-33-28(31)27(30)25-20-17-16-18-21-25/h16-18,20-21H,2-15,19,22-24H2,1H3. The molecule has 0 heterocycles. The average molecular weight is 461 g/mol. The minimum Gasteiger partial charge on any atom is -0.462 e. The first-order valence-corrected chi connectivity index (χ1v) is 13.1. The van der Waals surface area contributed by atoms with Crippen molar-refractivity contribution in [3.8, 4) is 0 Å². The van der Waals surface area contributed by atoms with E-state index in [1.165, 1.54) is 77.0 Å². The molecule has 5 heteroatoms. The maximum atomic E-state index is 11.9. The molecule has 0 amide bonds. The lowest BCUT2D eigenvalue weighted by Crippen LogP contribution is -2.20. The Hall–Kier alpha value is -2.17. The Balaban J connectivity index is 1.85. The summed E-state index contributed by atoms with van der Waals surface area (Å²) in [6.07, 6.45) is 19.7. The summed E-state index contributed by atoms with van der Waals surface area (Å²) < 4.78 is 9.94. The van der Waals surface area contributed by atoms with Crippen molar-refractivity contribution in [3.63, 3.8) is 0 Å². The molecule has 1 rings (SSSR count). The number of rotatable bonds is 21. The smallest absolute Gasteiger partial charge is 0.379 e. The number of unbranched alkanes of at least 4 members (excludes halogenated alkanes) is 14. The summed E-state index contributed by atoms with van der Waals surface area (Å²) in [6, 6.07) is 8.24. The van der Waals surface area contributed by atoms with E-state index < -0.39 is 11.8 Å². The van der Waals surface area contributed by atoms with Crippen LogP contribution in [0.15, 0.2) is 30.3 Å². The number of Topliss-reactive ketones (excluding diaryl/α,β-unsaturated/α-hetero) is 1. The molecule has 186 valence electrons. The number of ether oxygens (including phenoxy) is 2. The maximum Gasteiger partial charge on any atom is 0.379 e. The van der Waals surface area contributed by atoms with E-state index in [-0.39, 0.29) is 24.7 Å². The first-order chi connectivity index (χ1) is 16.1. The highest BCUT2D eigenvalue weighted by atomic mass is 16.6. The number of carbonyl (C=O) groups is 3. The summed E-state index contributed by atoms with van der Waals surface area (Å²) in [6.45, 7) is 2.13. The molecule has 5 nitrogen and oxygen atoms in total. The van der Waals surface area contributed by atoms with E-state index in [0.717, 1.165) is 19.3 Å². The number of benzene rings is 1. The van der Waals surface area contributed by atoms with Crippen LogP contribution in [0.1, 0.15) is 120 Å². The number of carbonyl (C=O) groups excluding carboxylic acids is 3. The van der Waals surface area contributed by atoms with Crippen molar-refractivity contribution >= 4 is 17.7 Å². The normalized spacial score (nSPS) is 10.7. The average Bonchev–Trinajstić information content (AvgIpc) is 2.84. The van der Waals surface area contributed by atoms with Crippen LogP contribution in [-0.4, -0.2) is 30.9 Å². The number of hydrogen-bond donors (Lipinski definition) is 0. The van der Waals surface area contributed by atoms with Crippen molar-refractivity contribution in [1.29, 1.82) is 0 Å². The minimum atomic E-state index is -0.931. The van der Waals surface area contributed by atoms with E-state index in [1.54, 1.807) is 30.3 Å². The molecule has 0 unspecified atom stereocenters. The predicted octanol–water partition coefficient (Wildman–Crippen LogP) is 7.22. The molecule has 0 aliphatic rings. The minimum absolute atomic E-state index is 0.0224. The van der Waals surface area contributed by atoms with Crippen LogP contribution < -0.4 is 0 Å². The van der Waals surface area contributed by atoms with Crippen molar-refractivity contribution in [2.75, 3.05) is 13.2 Å². The first kappa shape index (κ1) is 28.9. The predicted molar refractivity (Wildman–Crippen MR) is 132 cm³/mol. The summed E-state index contributed by atoms with van der Waals surface area (Å²) in [4.78, 5) is 35.3. The second kappa shape index (κ2) is 20.4. The van der Waals surface area contributed by atoms with Crippen molar-refractivity contribution in [2.45, 2.75) is 110 Å². The Morgan fingerprint density at radius 2 is 1.06 bits per heavy atom. The molecule has 0 aliphatic heterocycles. The fourth-order valence-electron chi connectivity index (χ4n) is 3.78. The largest absolute Gasteiger partial charge is 0.462 e. The van der Waals surface area contributed by atoms with Gasteiger partial charge in [0.1, 0.15) is 13.2 Å². The van der Waals surface area contributed by atoms with Gasteiger partial charge in [-0.2, -0.15) is 0 Å². The van der Waals surface area contributed by atoms with E-state index in [1.807, 2.05) is 0 Å². The summed E-state index contributed by atoms with van der Waals surface area (Å²) in [7, 11) is 0. The third-order valence-electron chi connectivity index (χ3n) is 5.79. The van der Waals surface area contributed by atoms with Gasteiger partial charge >= 0.3 is 11.9 Å². The summed E-state index contributed by atoms with van der Waals surface area (Å²) in [5.41, 5.74) is 0.285. The van der Waals surface area contributed by atoms with Crippen LogP contribution in [0.25, 0.3) is 0 Å². The van der Waals surface area contributed by atoms with Crippen LogP contribution >= 0.6 is 0 Å². The van der Waals surface area contributed by atoms with E-state index in [0.29, 0.717) is 6.42 Å². The van der Waals surface area contributed by atoms with Gasteiger partial charge in [-0.3, -0.25) is 9.59 Å². The maximum absolute atomic E-state index is 11.9. The van der Waals surface area contributed by atoms with Crippen LogP contribution in [0, 0.1) is 0 Å². The molecule has 0 radical (unpaired) electrons. The SMILES string of the molecule is CCCCCCCCCCCCCCCCCC(=O)OCCOC(=O)C(=O)c1ccccc1. The van der Waals surface area contributed by atoms with Crippen molar-refractivity contribution in [3.05, 3.63) is 35.9 Å². The van der Waals surface area contributed by atoms with Gasteiger partial charge < -0.3 is 9.47 Å². The van der Waals surface area contributed by atoms with Gasteiger partial charge in [-0.15, -0.1) is 0 Å². The Kier molecular flexibility index (Phi) is 17.9. The number of ketones is 1. The summed E-state index contributed by atoms with van der Waals surface area (Å²) >= 11 is 0. The molecule has 0 atom stereocenters. The monoisotopic (exact) mass is 460 g/mol. The first-order valence-electron chi connectivity index (χ1n) is 13.1. The highest BCUT2D eigenvalue weighted by Gasteiger charge is 2.17. The molecular weight excluding hydrogens is 416 g/mol. The number of esters is 2. The van der Waals surface area contributed by atoms with Crippen molar-refractivity contribution < 1.29 is 23.9 Å². The van der Waals surface area contributed by atoms with Crippen LogP contribution in [0.3, 0.4) is 0 Å². The molecule has 1 aromatic rings. The molecule has 0 fully saturated rings. The zero-order valence-electron chi connectivity index (χ0n) is 20.7. The quantitative estimate of drug-likeness (QED) is 0.0838. The number of hydrogen-bond acceptors (Lipinski definition) is 5. The lowest BCUT2D eigenvalue weighted by molar-refractivity contribution is -0.149. The third kappa shape index (κ3) is 16.1. The molecule has 33 heavy (non-hydrogen) atoms. The Morgan fingerprint density at radius 3 is 1.58 bits per heavy atom. The summed E-state index contributed by atoms with van der Waals surface area (Å²) in [5.74, 6) is -1.91. The fourth-order valence-corrected chi connectivity index (χ4v) is 3.78. The highest BCUT2D eigenvalue weighted by molar-refractivity contribution is 6.40.